The Morgan fingerprint density at radius 2 is 2.17 bits per heavy atom. The zero-order valence-electron chi connectivity index (χ0n) is 6.34. The highest BCUT2D eigenvalue weighted by atomic mass is 16.2. The lowest BCUT2D eigenvalue weighted by molar-refractivity contribution is 0.253. The van der Waals surface area contributed by atoms with Crippen LogP contribution in [0, 0.1) is 0 Å². The van der Waals surface area contributed by atoms with Crippen LogP contribution >= 0.6 is 0 Å². The first-order valence-electron chi connectivity index (χ1n) is 3.62. The molecule has 12 heavy (non-hydrogen) atoms. The van der Waals surface area contributed by atoms with Crippen molar-refractivity contribution in [3.05, 3.63) is 24.5 Å². The van der Waals surface area contributed by atoms with Gasteiger partial charge in [-0.2, -0.15) is 9.69 Å². The van der Waals surface area contributed by atoms with Gasteiger partial charge >= 0.3 is 6.03 Å². The van der Waals surface area contributed by atoms with Gasteiger partial charge in [0, 0.05) is 24.5 Å². The third-order valence-corrected chi connectivity index (χ3v) is 1.67. The van der Waals surface area contributed by atoms with Crippen LogP contribution in [0.2, 0.25) is 0 Å². The highest BCUT2D eigenvalue weighted by molar-refractivity contribution is 6.02. The monoisotopic (exact) mass is 161 g/mol. The number of aliphatic imine (C=N–C) groups is 1. The van der Waals surface area contributed by atoms with Crippen molar-refractivity contribution in [2.24, 2.45) is 0 Å². The minimum absolute atomic E-state index is 0.207. The van der Waals surface area contributed by atoms with Crippen LogP contribution in [0.25, 0.3) is 0 Å². The topological polar surface area (TPSA) is 47.3 Å². The summed E-state index contributed by atoms with van der Waals surface area (Å²) >= 11 is 0. The summed E-state index contributed by atoms with van der Waals surface area (Å²) in [5, 5.41) is 0. The second-order valence-corrected chi connectivity index (χ2v) is 2.41. The van der Waals surface area contributed by atoms with E-state index in [1.165, 1.54) is 0 Å². The predicted octanol–water partition coefficient (Wildman–Crippen LogP) is 0.428. The van der Waals surface area contributed by atoms with Crippen LogP contribution < -0.4 is 9.89 Å². The van der Waals surface area contributed by atoms with E-state index in [2.05, 4.69) is 9.98 Å². The molecule has 4 nitrogen and oxygen atoms in total. The molecule has 1 aliphatic heterocycles. The van der Waals surface area contributed by atoms with Gasteiger partial charge in [-0.25, -0.2) is 0 Å². The van der Waals surface area contributed by atoms with E-state index in [0.29, 0.717) is 6.54 Å². The molecule has 0 unspecified atom stereocenters. The molecular weight excluding hydrogens is 154 g/mol. The summed E-state index contributed by atoms with van der Waals surface area (Å²) in [6.07, 6.45) is 4.91. The van der Waals surface area contributed by atoms with Crippen LogP contribution in [0.4, 0.5) is 10.5 Å². The molecule has 1 radical (unpaired) electrons. The molecule has 0 fully saturated rings. The van der Waals surface area contributed by atoms with Crippen LogP contribution in [0.3, 0.4) is 0 Å². The van der Waals surface area contributed by atoms with Crippen molar-refractivity contribution in [3.63, 3.8) is 0 Å². The molecule has 0 aliphatic carbocycles. The van der Waals surface area contributed by atoms with E-state index in [4.69, 9.17) is 0 Å². The van der Waals surface area contributed by atoms with Crippen molar-refractivity contribution >= 4 is 17.9 Å². The Hall–Kier alpha value is -1.71. The van der Waals surface area contributed by atoms with Gasteiger partial charge in [-0.3, -0.25) is 4.98 Å². The summed E-state index contributed by atoms with van der Waals surface area (Å²) in [4.78, 5) is 20.2. The lowest BCUT2D eigenvalue weighted by Gasteiger charge is -2.02. The van der Waals surface area contributed by atoms with E-state index in [9.17, 15) is 4.79 Å². The maximum atomic E-state index is 11.1. The normalized spacial score (nSPS) is 15.7. The first-order chi connectivity index (χ1) is 5.88. The van der Waals surface area contributed by atoms with Gasteiger partial charge in [0.2, 0.25) is 0 Å². The molecular formula is C8H7N3O+. The average Bonchev–Trinajstić information content (AvgIpc) is 2.53. The van der Waals surface area contributed by atoms with Crippen molar-refractivity contribution in [2.45, 2.75) is 0 Å². The second-order valence-electron chi connectivity index (χ2n) is 2.41. The van der Waals surface area contributed by atoms with E-state index in [1.807, 2.05) is 0 Å². The molecule has 2 amide bonds. The standard InChI is InChI=1S/C8H7N3O/c12-8-10-5-6-11(8)7-1-3-9-4-2-7/h1-5H,6H2/q+1. The number of carbonyl (C=O) groups excluding carboxylic acids is 1. The third kappa shape index (κ3) is 1.07. The van der Waals surface area contributed by atoms with Gasteiger partial charge in [-0.15, -0.1) is 0 Å². The van der Waals surface area contributed by atoms with E-state index in [-0.39, 0.29) is 6.03 Å². The number of hydrogen-bond donors (Lipinski definition) is 0. The van der Waals surface area contributed by atoms with Gasteiger partial charge < -0.3 is 0 Å². The fourth-order valence-corrected chi connectivity index (χ4v) is 1.09. The van der Waals surface area contributed by atoms with Gasteiger partial charge in [0.15, 0.2) is 12.8 Å². The smallest absolute Gasteiger partial charge is 0.264 e. The number of amides is 2. The summed E-state index contributed by atoms with van der Waals surface area (Å²) < 4.78 is 0. The van der Waals surface area contributed by atoms with Crippen molar-refractivity contribution in [3.8, 4) is 0 Å². The fourth-order valence-electron chi connectivity index (χ4n) is 1.09. The highest BCUT2D eigenvalue weighted by Crippen LogP contribution is 2.12. The lowest BCUT2D eigenvalue weighted by atomic mass is 10.4. The Balaban J connectivity index is 2.27. The molecule has 1 aromatic heterocycles. The number of carbonyl (C=O) groups is 1. The predicted molar refractivity (Wildman–Crippen MR) is 45.2 cm³/mol. The van der Waals surface area contributed by atoms with Gasteiger partial charge in [0.25, 0.3) is 0 Å². The Kier molecular flexibility index (Phi) is 1.59. The molecule has 0 atom stereocenters. The Labute approximate surface area is 69.6 Å². The number of rotatable bonds is 1. The van der Waals surface area contributed by atoms with E-state index < -0.39 is 0 Å². The molecule has 0 N–H and O–H groups in total. The quantitative estimate of drug-likeness (QED) is 0.599. The second kappa shape index (κ2) is 2.73. The minimum Gasteiger partial charge on any atom is -0.264 e. The molecule has 2 rings (SSSR count). The van der Waals surface area contributed by atoms with Crippen LogP contribution in [-0.4, -0.2) is 23.8 Å². The summed E-state index contributed by atoms with van der Waals surface area (Å²) in [6.45, 7) is 0.558. The molecule has 0 bridgehead atoms. The van der Waals surface area contributed by atoms with Gasteiger partial charge in [-0.1, -0.05) is 0 Å². The van der Waals surface area contributed by atoms with Crippen LogP contribution in [0.15, 0.2) is 24.5 Å². The number of aromatic nitrogens is 1. The Bertz CT molecular complexity index is 320. The summed E-state index contributed by atoms with van der Waals surface area (Å²) in [5.41, 5.74) is 0.840. The molecule has 59 valence electrons. The van der Waals surface area contributed by atoms with E-state index in [0.717, 1.165) is 5.69 Å². The van der Waals surface area contributed by atoms with Gasteiger partial charge in [0.1, 0.15) is 5.69 Å². The Morgan fingerprint density at radius 1 is 1.42 bits per heavy atom. The zero-order valence-corrected chi connectivity index (χ0v) is 6.34. The summed E-state index contributed by atoms with van der Waals surface area (Å²) in [5.74, 6) is 0. The van der Waals surface area contributed by atoms with Gasteiger partial charge in [-0.05, 0) is 4.99 Å². The van der Waals surface area contributed by atoms with Crippen LogP contribution in [0.5, 0.6) is 0 Å². The lowest BCUT2D eigenvalue weighted by Crippen LogP contribution is -2.25. The van der Waals surface area contributed by atoms with Crippen molar-refractivity contribution in [1.29, 1.82) is 0 Å². The molecule has 4 heteroatoms. The molecule has 2 heterocycles. The highest BCUT2D eigenvalue weighted by Gasteiger charge is 2.29. The molecule has 0 aromatic carbocycles. The molecule has 0 saturated carbocycles. The van der Waals surface area contributed by atoms with E-state index >= 15 is 0 Å². The van der Waals surface area contributed by atoms with Crippen LogP contribution in [0.1, 0.15) is 0 Å². The molecule has 0 spiro atoms. The van der Waals surface area contributed by atoms with Crippen molar-refractivity contribution < 1.29 is 4.79 Å². The maximum Gasteiger partial charge on any atom is 0.540 e. The SMILES string of the molecule is O=C1[N+]=CCN1c1ccncc1. The molecule has 1 aromatic rings. The largest absolute Gasteiger partial charge is 0.540 e. The zero-order chi connectivity index (χ0) is 8.39. The maximum absolute atomic E-state index is 11.1. The average molecular weight is 161 g/mol. The number of nitrogens with zero attached hydrogens (tertiary/aromatic N) is 3. The number of pyridine rings is 1. The number of hydrogen-bond acceptors (Lipinski definition) is 2. The third-order valence-electron chi connectivity index (χ3n) is 1.67. The summed E-state index contributed by atoms with van der Waals surface area (Å²) in [6, 6.07) is 3.36. The number of anilines is 1. The number of urea groups is 1. The molecule has 0 saturated heterocycles. The minimum atomic E-state index is -0.207. The Morgan fingerprint density at radius 3 is 2.75 bits per heavy atom. The fraction of sp³-hybridized carbons (Fsp3) is 0.125. The van der Waals surface area contributed by atoms with E-state index in [1.54, 1.807) is 35.6 Å². The van der Waals surface area contributed by atoms with Crippen LogP contribution in [-0.2, 0) is 0 Å². The van der Waals surface area contributed by atoms with Crippen molar-refractivity contribution in [1.82, 2.24) is 9.98 Å². The summed E-state index contributed by atoms with van der Waals surface area (Å²) in [7, 11) is 0. The van der Waals surface area contributed by atoms with Crippen molar-refractivity contribution in [2.75, 3.05) is 11.4 Å². The molecule has 1 aliphatic rings. The van der Waals surface area contributed by atoms with Gasteiger partial charge in [0.05, 0.1) is 0 Å². The first kappa shape index (κ1) is 6.97. The first-order valence-corrected chi connectivity index (χ1v) is 3.62.